The second-order valence-electron chi connectivity index (χ2n) is 1.46. The van der Waals surface area contributed by atoms with Crippen LogP contribution in [0.15, 0.2) is 30.3 Å². The van der Waals surface area contributed by atoms with Crippen LogP contribution in [0.4, 0.5) is 0 Å². The Hall–Kier alpha value is -0.730. The van der Waals surface area contributed by atoms with Crippen molar-refractivity contribution in [3.63, 3.8) is 0 Å². The molecule has 0 radical (unpaired) electrons. The molecule has 0 saturated carbocycles. The van der Waals surface area contributed by atoms with Crippen LogP contribution in [0.5, 0.6) is 5.75 Å². The van der Waals surface area contributed by atoms with Gasteiger partial charge in [0.15, 0.2) is 5.75 Å². The number of benzene rings is 1. The van der Waals surface area contributed by atoms with E-state index in [2.05, 4.69) is 9.33 Å². The van der Waals surface area contributed by atoms with Crippen molar-refractivity contribution < 1.29 is 9.33 Å². The molecule has 0 atom stereocenters. The van der Waals surface area contributed by atoms with Crippen molar-refractivity contribution in [3.05, 3.63) is 30.3 Å². The average molecular weight is 145 g/mol. The Bertz CT molecular complexity index is 164. The summed E-state index contributed by atoms with van der Waals surface area (Å²) in [6.45, 7) is 0. The molecular formula is C6H5ClO2. The zero-order chi connectivity index (χ0) is 6.53. The molecule has 0 aliphatic heterocycles. The highest BCUT2D eigenvalue weighted by Crippen LogP contribution is 2.08. The highest BCUT2D eigenvalue weighted by atomic mass is 35.5. The van der Waals surface area contributed by atoms with Gasteiger partial charge in [-0.25, -0.2) is 0 Å². The van der Waals surface area contributed by atoms with Gasteiger partial charge in [-0.1, -0.05) is 22.6 Å². The van der Waals surface area contributed by atoms with Crippen LogP contribution in [0.25, 0.3) is 0 Å². The summed E-state index contributed by atoms with van der Waals surface area (Å²) in [6, 6.07) is 9.00. The lowest BCUT2D eigenvalue weighted by atomic mass is 10.3. The molecule has 0 heterocycles. The van der Waals surface area contributed by atoms with Crippen LogP contribution < -0.4 is 4.89 Å². The van der Waals surface area contributed by atoms with Crippen LogP contribution >= 0.6 is 11.9 Å². The molecule has 0 aliphatic carbocycles. The van der Waals surface area contributed by atoms with Crippen molar-refractivity contribution in [1.29, 1.82) is 0 Å². The van der Waals surface area contributed by atoms with E-state index in [0.717, 1.165) is 0 Å². The standard InChI is InChI=1S/C6H5ClO2/c7-9-8-6-4-2-1-3-5-6/h1-5H. The van der Waals surface area contributed by atoms with E-state index in [9.17, 15) is 0 Å². The molecule has 0 amide bonds. The van der Waals surface area contributed by atoms with Gasteiger partial charge in [0.2, 0.25) is 0 Å². The van der Waals surface area contributed by atoms with Crippen LogP contribution in [0, 0.1) is 0 Å². The van der Waals surface area contributed by atoms with Gasteiger partial charge < -0.3 is 4.89 Å². The highest BCUT2D eigenvalue weighted by Gasteiger charge is 1.87. The van der Waals surface area contributed by atoms with Crippen molar-refractivity contribution in [2.75, 3.05) is 0 Å². The number of hydrogen-bond acceptors (Lipinski definition) is 2. The van der Waals surface area contributed by atoms with E-state index in [4.69, 9.17) is 11.9 Å². The third-order valence-electron chi connectivity index (χ3n) is 0.871. The lowest BCUT2D eigenvalue weighted by Gasteiger charge is -1.94. The van der Waals surface area contributed by atoms with E-state index in [1.807, 2.05) is 18.2 Å². The summed E-state index contributed by atoms with van der Waals surface area (Å²) < 4.78 is 3.90. The Balaban J connectivity index is 2.61. The highest BCUT2D eigenvalue weighted by molar-refractivity contribution is 6.06. The number of halogens is 1. The second-order valence-corrected chi connectivity index (χ2v) is 1.59. The van der Waals surface area contributed by atoms with E-state index in [0.29, 0.717) is 5.75 Å². The lowest BCUT2D eigenvalue weighted by molar-refractivity contribution is -0.0918. The Kier molecular flexibility index (Phi) is 2.36. The molecule has 0 fully saturated rings. The largest absolute Gasteiger partial charge is 0.320 e. The monoisotopic (exact) mass is 144 g/mol. The average Bonchev–Trinajstić information content (AvgIpc) is 1.91. The van der Waals surface area contributed by atoms with Gasteiger partial charge in [-0.05, 0) is 12.1 Å². The Morgan fingerprint density at radius 2 is 1.78 bits per heavy atom. The number of para-hydroxylation sites is 1. The minimum Gasteiger partial charge on any atom is -0.320 e. The molecule has 0 unspecified atom stereocenters. The van der Waals surface area contributed by atoms with Gasteiger partial charge in [-0.15, -0.1) is 0 Å². The summed E-state index contributed by atoms with van der Waals surface area (Å²) in [4.78, 5) is 4.47. The first-order chi connectivity index (χ1) is 4.43. The summed E-state index contributed by atoms with van der Waals surface area (Å²) in [7, 11) is 0. The Morgan fingerprint density at radius 3 is 2.33 bits per heavy atom. The van der Waals surface area contributed by atoms with Crippen LogP contribution in [0.1, 0.15) is 0 Å². The lowest BCUT2D eigenvalue weighted by Crippen LogP contribution is -1.83. The molecule has 48 valence electrons. The first kappa shape index (κ1) is 6.39. The van der Waals surface area contributed by atoms with Crippen LogP contribution in [-0.4, -0.2) is 0 Å². The van der Waals surface area contributed by atoms with Gasteiger partial charge in [-0.2, -0.15) is 0 Å². The molecule has 1 aromatic rings. The summed E-state index contributed by atoms with van der Waals surface area (Å²) in [6.07, 6.45) is 0. The second kappa shape index (κ2) is 3.33. The smallest absolute Gasteiger partial charge is 0.167 e. The van der Waals surface area contributed by atoms with Gasteiger partial charge in [0, 0.05) is 0 Å². The fourth-order valence-corrected chi connectivity index (χ4v) is 0.585. The van der Waals surface area contributed by atoms with E-state index < -0.39 is 0 Å². The van der Waals surface area contributed by atoms with Crippen molar-refractivity contribution in [1.82, 2.24) is 0 Å². The van der Waals surface area contributed by atoms with Crippen LogP contribution in [0.3, 0.4) is 0 Å². The molecule has 9 heavy (non-hydrogen) atoms. The van der Waals surface area contributed by atoms with E-state index >= 15 is 0 Å². The van der Waals surface area contributed by atoms with E-state index in [-0.39, 0.29) is 0 Å². The molecular weight excluding hydrogens is 140 g/mol. The zero-order valence-corrected chi connectivity index (χ0v) is 5.34. The molecule has 2 nitrogen and oxygen atoms in total. The molecule has 3 heteroatoms. The molecule has 0 aromatic heterocycles. The van der Waals surface area contributed by atoms with Crippen LogP contribution in [0.2, 0.25) is 0 Å². The Labute approximate surface area is 58.1 Å². The third-order valence-corrected chi connectivity index (χ3v) is 0.934. The molecule has 0 aliphatic rings. The van der Waals surface area contributed by atoms with Gasteiger partial charge in [0.05, 0.1) is 0 Å². The van der Waals surface area contributed by atoms with Crippen molar-refractivity contribution in [3.8, 4) is 5.75 Å². The zero-order valence-electron chi connectivity index (χ0n) is 4.58. The first-order valence-electron chi connectivity index (χ1n) is 2.44. The molecule has 0 bridgehead atoms. The summed E-state index contributed by atoms with van der Waals surface area (Å²) in [5.74, 6) is 0.590. The predicted octanol–water partition coefficient (Wildman–Crippen LogP) is 2.15. The molecule has 1 aromatic carbocycles. The molecule has 0 N–H and O–H groups in total. The minimum atomic E-state index is 0.590. The quantitative estimate of drug-likeness (QED) is 0.468. The molecule has 0 spiro atoms. The minimum absolute atomic E-state index is 0.590. The maximum absolute atomic E-state index is 4.81. The van der Waals surface area contributed by atoms with Crippen molar-refractivity contribution in [2.24, 2.45) is 0 Å². The van der Waals surface area contributed by atoms with E-state index in [1.165, 1.54) is 0 Å². The van der Waals surface area contributed by atoms with Crippen LogP contribution in [-0.2, 0) is 4.44 Å². The fourth-order valence-electron chi connectivity index (χ4n) is 0.512. The number of rotatable bonds is 2. The molecule has 0 saturated heterocycles. The first-order valence-corrected chi connectivity index (χ1v) is 2.74. The van der Waals surface area contributed by atoms with Crippen molar-refractivity contribution in [2.45, 2.75) is 0 Å². The van der Waals surface area contributed by atoms with E-state index in [1.54, 1.807) is 12.1 Å². The SMILES string of the molecule is ClOOc1ccccc1. The fraction of sp³-hybridized carbons (Fsp3) is 0. The molecule has 1 rings (SSSR count). The third kappa shape index (κ3) is 1.91. The summed E-state index contributed by atoms with van der Waals surface area (Å²) in [5, 5.41) is 0. The van der Waals surface area contributed by atoms with Crippen molar-refractivity contribution >= 4 is 11.9 Å². The summed E-state index contributed by atoms with van der Waals surface area (Å²) >= 11 is 4.81. The Morgan fingerprint density at radius 1 is 1.11 bits per heavy atom. The summed E-state index contributed by atoms with van der Waals surface area (Å²) in [5.41, 5.74) is 0. The van der Waals surface area contributed by atoms with Gasteiger partial charge in [0.1, 0.15) is 11.9 Å². The maximum Gasteiger partial charge on any atom is 0.167 e. The number of hydrogen-bond donors (Lipinski definition) is 0. The topological polar surface area (TPSA) is 18.5 Å². The van der Waals surface area contributed by atoms with Gasteiger partial charge >= 0.3 is 0 Å². The van der Waals surface area contributed by atoms with Gasteiger partial charge in [-0.3, -0.25) is 0 Å². The maximum atomic E-state index is 4.81. The predicted molar refractivity (Wildman–Crippen MR) is 34.0 cm³/mol. The van der Waals surface area contributed by atoms with Gasteiger partial charge in [0.25, 0.3) is 0 Å². The normalized spacial score (nSPS) is 9.00.